The average Bonchev–Trinajstić information content (AvgIpc) is 3.05. The van der Waals surface area contributed by atoms with Crippen molar-refractivity contribution < 1.29 is 8.78 Å². The van der Waals surface area contributed by atoms with Gasteiger partial charge in [0.1, 0.15) is 45.2 Å². The third kappa shape index (κ3) is 3.17. The van der Waals surface area contributed by atoms with Gasteiger partial charge >= 0.3 is 0 Å². The van der Waals surface area contributed by atoms with Crippen LogP contribution in [-0.2, 0) is 0 Å². The number of benzene rings is 3. The molecule has 0 aliphatic rings. The summed E-state index contributed by atoms with van der Waals surface area (Å²) in [5.74, 6) is -3.28. The molecule has 0 unspecified atom stereocenters. The van der Waals surface area contributed by atoms with Gasteiger partial charge in [-0.1, -0.05) is 0 Å². The van der Waals surface area contributed by atoms with E-state index in [4.69, 9.17) is 19.7 Å². The molecule has 3 aromatic carbocycles. The number of aromatic nitrogens is 6. The van der Waals surface area contributed by atoms with Crippen LogP contribution in [0.3, 0.4) is 0 Å². The molecule has 0 saturated carbocycles. The molecule has 0 atom stereocenters. The van der Waals surface area contributed by atoms with E-state index in [-0.39, 0.29) is 44.1 Å². The molecule has 0 aliphatic carbocycles. The molecule has 6 aromatic rings. The van der Waals surface area contributed by atoms with E-state index in [1.165, 1.54) is 0 Å². The van der Waals surface area contributed by atoms with Crippen molar-refractivity contribution in [3.63, 3.8) is 0 Å². The lowest BCUT2D eigenvalue weighted by Gasteiger charge is -2.13. The molecule has 0 N–H and O–H groups in total. The highest BCUT2D eigenvalue weighted by Gasteiger charge is 2.28. The van der Waals surface area contributed by atoms with Gasteiger partial charge in [-0.3, -0.25) is 9.97 Å². The van der Waals surface area contributed by atoms with Crippen LogP contribution < -0.4 is 0 Å². The molecule has 6 rings (SSSR count). The lowest BCUT2D eigenvalue weighted by molar-refractivity contribution is 0.459. The summed E-state index contributed by atoms with van der Waals surface area (Å²) in [6.07, 6.45) is 0. The number of rotatable bonds is 0. The van der Waals surface area contributed by atoms with Crippen molar-refractivity contribution in [2.75, 3.05) is 0 Å². The zero-order valence-corrected chi connectivity index (χ0v) is 21.0. The summed E-state index contributed by atoms with van der Waals surface area (Å²) in [7, 11) is 0. The summed E-state index contributed by atoms with van der Waals surface area (Å²) >= 11 is 0. The Morgan fingerprint density at radius 1 is 0.386 bits per heavy atom. The van der Waals surface area contributed by atoms with E-state index in [1.807, 2.05) is 0 Å². The molecule has 0 saturated heterocycles. The van der Waals surface area contributed by atoms with Gasteiger partial charge in [0.25, 0.3) is 11.9 Å². The van der Waals surface area contributed by atoms with Crippen LogP contribution in [0.1, 0.15) is 27.8 Å². The largest absolute Gasteiger partial charge is 0.269 e. The van der Waals surface area contributed by atoms with Crippen LogP contribution in [0.25, 0.3) is 69.7 Å². The molecular weight excluding hydrogens is 570 g/mol. The predicted octanol–water partition coefficient (Wildman–Crippen LogP) is 5.11. The van der Waals surface area contributed by atoms with E-state index < -0.39 is 67.8 Å². The van der Waals surface area contributed by atoms with E-state index in [1.54, 1.807) is 30.3 Å². The lowest BCUT2D eigenvalue weighted by Crippen LogP contribution is -2.04. The quantitative estimate of drug-likeness (QED) is 0.133. The Morgan fingerprint density at radius 3 is 1.11 bits per heavy atom. The highest BCUT2D eigenvalue weighted by Crippen LogP contribution is 2.42. The number of hydrogen-bond acceptors (Lipinski definition) is 11. The maximum atomic E-state index is 14.5. The monoisotopic (exact) mass is 570 g/mol. The molecular formula is C28F2N14. The zero-order chi connectivity index (χ0) is 31.4. The maximum Gasteiger partial charge on any atom is 0.269 e. The molecule has 16 heteroatoms. The minimum Gasteiger partial charge on any atom is -0.254 e. The highest BCUT2D eigenvalue weighted by molar-refractivity contribution is 6.21. The van der Waals surface area contributed by atoms with E-state index in [9.17, 15) is 35.1 Å². The SMILES string of the molecule is [C-]#[N+]c1c(C#N)c([N+]#[C-])c2nc3c4nc(F)c(F)nc4c4nc5c([N+]#[C-])c(C#N)c(C#N)c(C#N)c5nc4c3nc2c1C#N. The third-order valence-corrected chi connectivity index (χ3v) is 6.54. The van der Waals surface area contributed by atoms with Gasteiger partial charge < -0.3 is 0 Å². The van der Waals surface area contributed by atoms with Gasteiger partial charge in [0, 0.05) is 0 Å². The first-order valence-corrected chi connectivity index (χ1v) is 11.5. The zero-order valence-electron chi connectivity index (χ0n) is 21.0. The Hall–Kier alpha value is -8.02. The van der Waals surface area contributed by atoms with Crippen LogP contribution in [0.5, 0.6) is 0 Å². The van der Waals surface area contributed by atoms with E-state index >= 15 is 0 Å². The fourth-order valence-electron chi connectivity index (χ4n) is 4.75. The number of fused-ring (bicyclic) bond motifs is 8. The fourth-order valence-corrected chi connectivity index (χ4v) is 4.75. The van der Waals surface area contributed by atoms with Gasteiger partial charge in [0.15, 0.2) is 0 Å². The molecule has 3 aromatic heterocycles. The minimum atomic E-state index is -1.64. The first-order valence-electron chi connectivity index (χ1n) is 11.5. The van der Waals surface area contributed by atoms with Crippen LogP contribution in [0.2, 0.25) is 0 Å². The molecule has 44 heavy (non-hydrogen) atoms. The second-order valence-electron chi connectivity index (χ2n) is 8.55. The third-order valence-electron chi connectivity index (χ3n) is 6.54. The van der Waals surface area contributed by atoms with Crippen molar-refractivity contribution in [3.05, 3.63) is 74.0 Å². The molecule has 196 valence electrons. The molecule has 3 heterocycles. The van der Waals surface area contributed by atoms with Crippen molar-refractivity contribution in [1.82, 2.24) is 29.9 Å². The van der Waals surface area contributed by atoms with Crippen LogP contribution >= 0.6 is 0 Å². The minimum absolute atomic E-state index is 0.279. The maximum absolute atomic E-state index is 14.5. The van der Waals surface area contributed by atoms with E-state index in [0.717, 1.165) is 0 Å². The fraction of sp³-hybridized carbons (Fsp3) is 0. The summed E-state index contributed by atoms with van der Waals surface area (Å²) in [6, 6.07) is 8.72. The van der Waals surface area contributed by atoms with Gasteiger partial charge in [-0.2, -0.15) is 35.1 Å². The summed E-state index contributed by atoms with van der Waals surface area (Å²) in [5.41, 5.74) is -6.90. The van der Waals surface area contributed by atoms with Crippen molar-refractivity contribution in [2.45, 2.75) is 0 Å². The number of hydrogen-bond donors (Lipinski definition) is 0. The Morgan fingerprint density at radius 2 is 0.727 bits per heavy atom. The van der Waals surface area contributed by atoms with Crippen LogP contribution in [0, 0.1) is 88.3 Å². The smallest absolute Gasteiger partial charge is 0.254 e. The predicted molar refractivity (Wildman–Crippen MR) is 143 cm³/mol. The second kappa shape index (κ2) is 9.28. The van der Waals surface area contributed by atoms with Gasteiger partial charge in [0.2, 0.25) is 17.1 Å². The molecule has 0 spiro atoms. The van der Waals surface area contributed by atoms with Crippen molar-refractivity contribution in [3.8, 4) is 30.3 Å². The van der Waals surface area contributed by atoms with Crippen molar-refractivity contribution in [1.29, 1.82) is 26.3 Å². The Bertz CT molecular complexity index is 2590. The van der Waals surface area contributed by atoms with Gasteiger partial charge in [-0.05, 0) is 0 Å². The van der Waals surface area contributed by atoms with Crippen LogP contribution in [0.4, 0.5) is 25.8 Å². The molecule has 0 amide bonds. The topological polar surface area (TPSA) is 209 Å². The van der Waals surface area contributed by atoms with Crippen LogP contribution in [0.15, 0.2) is 0 Å². The molecule has 0 radical (unpaired) electrons. The Labute approximate surface area is 241 Å². The Kier molecular flexibility index (Phi) is 5.53. The number of halogens is 2. The first kappa shape index (κ1) is 26.2. The van der Waals surface area contributed by atoms with Gasteiger partial charge in [-0.15, -0.1) is 0 Å². The molecule has 0 fully saturated rings. The lowest BCUT2D eigenvalue weighted by atomic mass is 9.98. The summed E-state index contributed by atoms with van der Waals surface area (Å²) in [5, 5.41) is 48.9. The summed E-state index contributed by atoms with van der Waals surface area (Å²) < 4.78 is 29.0. The standard InChI is InChI=1S/C28F2N14/c1-36-14-12(7-34)16(38-3)20-18(13(14)8-35)40-22-21-23(25-26(24(22)42-20)44-28(30)27(29)43-25)41-19-15(37-2)10(5-32)9(4-31)11(6-33)17(19)39-21. The Balaban J connectivity index is 2.03. The van der Waals surface area contributed by atoms with Crippen LogP contribution in [-0.4, -0.2) is 29.9 Å². The van der Waals surface area contributed by atoms with Crippen molar-refractivity contribution >= 4 is 72.2 Å². The summed E-state index contributed by atoms with van der Waals surface area (Å²) in [6.45, 7) is 22.8. The molecule has 0 aliphatic heterocycles. The van der Waals surface area contributed by atoms with Crippen molar-refractivity contribution in [2.24, 2.45) is 0 Å². The number of nitrogens with zero attached hydrogens (tertiary/aromatic N) is 14. The number of nitriles is 5. The second-order valence-corrected chi connectivity index (χ2v) is 8.55. The normalized spacial score (nSPS) is 10.3. The summed E-state index contributed by atoms with van der Waals surface area (Å²) in [4.78, 5) is 34.6. The van der Waals surface area contributed by atoms with E-state index in [2.05, 4.69) is 44.4 Å². The molecule has 14 nitrogen and oxygen atoms in total. The van der Waals surface area contributed by atoms with Gasteiger partial charge in [-0.25, -0.2) is 34.5 Å². The first-order chi connectivity index (χ1) is 21.3. The molecule has 0 bridgehead atoms. The van der Waals surface area contributed by atoms with E-state index in [0.29, 0.717) is 0 Å². The average molecular weight is 570 g/mol. The highest BCUT2D eigenvalue weighted by atomic mass is 19.2. The van der Waals surface area contributed by atoms with Gasteiger partial charge in [0.05, 0.1) is 87.8 Å².